The first-order chi connectivity index (χ1) is 11.6. The number of hydrazone groups is 1. The lowest BCUT2D eigenvalue weighted by Gasteiger charge is -2.08. The van der Waals surface area contributed by atoms with Gasteiger partial charge in [-0.25, -0.2) is 5.43 Å². The topological polar surface area (TPSA) is 70.6 Å². The van der Waals surface area contributed by atoms with Crippen molar-refractivity contribution in [1.82, 2.24) is 5.43 Å². The molecule has 2 N–H and O–H groups in total. The number of halogens is 1. The van der Waals surface area contributed by atoms with Crippen molar-refractivity contribution in [2.45, 2.75) is 6.92 Å². The number of carbonyl (C=O) groups excluding carboxylic acids is 2. The van der Waals surface area contributed by atoms with Gasteiger partial charge in [-0.2, -0.15) is 5.10 Å². The van der Waals surface area contributed by atoms with Crippen LogP contribution in [0.4, 0.5) is 5.69 Å². The van der Waals surface area contributed by atoms with E-state index in [1.54, 1.807) is 31.2 Å². The molecule has 2 rings (SSSR count). The van der Waals surface area contributed by atoms with Gasteiger partial charge in [-0.3, -0.25) is 9.59 Å². The van der Waals surface area contributed by atoms with E-state index in [2.05, 4.69) is 15.8 Å². The molecule has 0 aromatic heterocycles. The van der Waals surface area contributed by atoms with Crippen LogP contribution in [0, 0.1) is 6.92 Å². The van der Waals surface area contributed by atoms with Crippen molar-refractivity contribution in [2.75, 3.05) is 5.32 Å². The van der Waals surface area contributed by atoms with Crippen molar-refractivity contribution in [1.29, 1.82) is 0 Å². The number of anilines is 1. The van der Waals surface area contributed by atoms with E-state index in [4.69, 9.17) is 11.6 Å². The van der Waals surface area contributed by atoms with Gasteiger partial charge in [0.2, 0.25) is 0 Å². The number of allylic oxidation sites excluding steroid dienone is 1. The molecule has 5 nitrogen and oxygen atoms in total. The fourth-order valence-electron chi connectivity index (χ4n) is 1.83. The second kappa shape index (κ2) is 8.64. The van der Waals surface area contributed by atoms with Crippen LogP contribution in [0.15, 0.2) is 59.7 Å². The molecule has 0 fully saturated rings. The summed E-state index contributed by atoms with van der Waals surface area (Å²) in [6.07, 6.45) is 4.88. The zero-order valence-electron chi connectivity index (χ0n) is 13.0. The second-order valence-electron chi connectivity index (χ2n) is 4.86. The zero-order chi connectivity index (χ0) is 17.4. The fourth-order valence-corrected chi connectivity index (χ4v) is 2.00. The Labute approximate surface area is 145 Å². The molecule has 0 bridgehead atoms. The molecule has 0 saturated heterocycles. The third kappa shape index (κ3) is 5.07. The maximum atomic E-state index is 11.8. The summed E-state index contributed by atoms with van der Waals surface area (Å²) in [6.45, 7) is 1.75. The molecule has 0 aliphatic carbocycles. The maximum absolute atomic E-state index is 11.8. The molecule has 2 amide bonds. The summed E-state index contributed by atoms with van der Waals surface area (Å²) in [5.41, 5.74) is 4.33. The molecule has 0 aliphatic rings. The number of carbonyl (C=O) groups is 2. The molecule has 122 valence electrons. The number of hydrogen-bond acceptors (Lipinski definition) is 3. The number of nitrogens with zero attached hydrogens (tertiary/aromatic N) is 1. The Kier molecular flexibility index (Phi) is 6.28. The Morgan fingerprint density at radius 3 is 2.54 bits per heavy atom. The van der Waals surface area contributed by atoms with Gasteiger partial charge in [0.1, 0.15) is 0 Å². The highest BCUT2D eigenvalue weighted by molar-refractivity contribution is 6.40. The van der Waals surface area contributed by atoms with Crippen molar-refractivity contribution < 1.29 is 9.59 Å². The van der Waals surface area contributed by atoms with Crippen molar-refractivity contribution in [3.05, 3.63) is 70.8 Å². The molecule has 0 spiro atoms. The first kappa shape index (κ1) is 17.4. The zero-order valence-corrected chi connectivity index (χ0v) is 13.7. The molecule has 2 aromatic rings. The van der Waals surface area contributed by atoms with Gasteiger partial charge in [-0.1, -0.05) is 54.1 Å². The Morgan fingerprint density at radius 1 is 1.04 bits per heavy atom. The molecule has 0 unspecified atom stereocenters. The predicted molar refractivity (Wildman–Crippen MR) is 96.9 cm³/mol. The third-order valence-corrected chi connectivity index (χ3v) is 3.55. The lowest BCUT2D eigenvalue weighted by Crippen LogP contribution is -2.32. The van der Waals surface area contributed by atoms with Crippen LogP contribution >= 0.6 is 11.6 Å². The highest BCUT2D eigenvalue weighted by Gasteiger charge is 2.14. The molecule has 0 atom stereocenters. The molecule has 0 heterocycles. The lowest BCUT2D eigenvalue weighted by molar-refractivity contribution is -0.136. The standard InChI is InChI=1S/C18H16ClN3O2/c1-13-15(19)10-5-11-16(13)21-17(23)18(24)22-20-12-6-9-14-7-3-2-4-8-14/h2-12H,1H3,(H,21,23)(H,22,24)/b9-6+,20-12-. The molecule has 24 heavy (non-hydrogen) atoms. The van der Waals surface area contributed by atoms with Crippen molar-refractivity contribution in [2.24, 2.45) is 5.10 Å². The lowest BCUT2D eigenvalue weighted by atomic mass is 10.2. The molecule has 6 heteroatoms. The van der Waals surface area contributed by atoms with Gasteiger partial charge < -0.3 is 5.32 Å². The summed E-state index contributed by atoms with van der Waals surface area (Å²) in [5.74, 6) is -1.68. The summed E-state index contributed by atoms with van der Waals surface area (Å²) >= 11 is 5.96. The van der Waals surface area contributed by atoms with E-state index in [0.29, 0.717) is 16.3 Å². The normalized spacial score (nSPS) is 10.9. The number of amides is 2. The van der Waals surface area contributed by atoms with Crippen LogP contribution in [0.2, 0.25) is 5.02 Å². The van der Waals surface area contributed by atoms with Gasteiger partial charge >= 0.3 is 11.8 Å². The summed E-state index contributed by atoms with van der Waals surface area (Å²) < 4.78 is 0. The quantitative estimate of drug-likeness (QED) is 0.508. The summed E-state index contributed by atoms with van der Waals surface area (Å²) in [4.78, 5) is 23.5. The number of rotatable bonds is 4. The number of hydrogen-bond donors (Lipinski definition) is 2. The van der Waals surface area contributed by atoms with Crippen molar-refractivity contribution in [3.63, 3.8) is 0 Å². The minimum absolute atomic E-state index is 0.482. The van der Waals surface area contributed by atoms with Crippen molar-refractivity contribution >= 4 is 41.4 Å². The Hall–Kier alpha value is -2.92. The van der Waals surface area contributed by atoms with Crippen LogP contribution in [0.1, 0.15) is 11.1 Å². The van der Waals surface area contributed by atoms with E-state index in [1.165, 1.54) is 6.21 Å². The van der Waals surface area contributed by atoms with E-state index in [0.717, 1.165) is 5.56 Å². The average Bonchev–Trinajstić information content (AvgIpc) is 2.59. The number of nitrogens with one attached hydrogen (secondary N) is 2. The van der Waals surface area contributed by atoms with Gasteiger partial charge in [-0.15, -0.1) is 0 Å². The predicted octanol–water partition coefficient (Wildman–Crippen LogP) is 3.40. The second-order valence-corrected chi connectivity index (χ2v) is 5.26. The maximum Gasteiger partial charge on any atom is 0.329 e. The van der Waals surface area contributed by atoms with Gasteiger partial charge in [0.05, 0.1) is 0 Å². The minimum Gasteiger partial charge on any atom is -0.317 e. The van der Waals surface area contributed by atoms with Crippen LogP contribution < -0.4 is 10.7 Å². The smallest absolute Gasteiger partial charge is 0.317 e. The fraction of sp³-hybridized carbons (Fsp3) is 0.0556. The van der Waals surface area contributed by atoms with E-state index in [-0.39, 0.29) is 0 Å². The third-order valence-electron chi connectivity index (χ3n) is 3.14. The average molecular weight is 342 g/mol. The first-order valence-electron chi connectivity index (χ1n) is 7.19. The minimum atomic E-state index is -0.862. The Morgan fingerprint density at radius 2 is 1.79 bits per heavy atom. The molecule has 0 saturated carbocycles. The van der Waals surface area contributed by atoms with E-state index < -0.39 is 11.8 Å². The van der Waals surface area contributed by atoms with Crippen LogP contribution in [-0.4, -0.2) is 18.0 Å². The van der Waals surface area contributed by atoms with Gasteiger partial charge in [0.15, 0.2) is 0 Å². The highest BCUT2D eigenvalue weighted by atomic mass is 35.5. The molecule has 0 radical (unpaired) electrons. The van der Waals surface area contributed by atoms with E-state index in [9.17, 15) is 9.59 Å². The molecular formula is C18H16ClN3O2. The molecule has 2 aromatic carbocycles. The van der Waals surface area contributed by atoms with Gasteiger partial charge in [0.25, 0.3) is 0 Å². The summed E-state index contributed by atoms with van der Waals surface area (Å²) in [7, 11) is 0. The Bertz CT molecular complexity index is 786. The van der Waals surface area contributed by atoms with Gasteiger partial charge in [0, 0.05) is 16.9 Å². The van der Waals surface area contributed by atoms with Gasteiger partial charge in [-0.05, 0) is 36.3 Å². The monoisotopic (exact) mass is 341 g/mol. The summed E-state index contributed by atoms with van der Waals surface area (Å²) in [5, 5.41) is 6.69. The number of benzene rings is 2. The first-order valence-corrected chi connectivity index (χ1v) is 7.57. The SMILES string of the molecule is Cc1c(Cl)cccc1NC(=O)C(=O)N/N=C\C=C\c1ccccc1. The summed E-state index contributed by atoms with van der Waals surface area (Å²) in [6, 6.07) is 14.7. The van der Waals surface area contributed by atoms with Crippen LogP contribution in [-0.2, 0) is 9.59 Å². The van der Waals surface area contributed by atoms with Crippen molar-refractivity contribution in [3.8, 4) is 0 Å². The largest absolute Gasteiger partial charge is 0.329 e. The van der Waals surface area contributed by atoms with E-state index >= 15 is 0 Å². The van der Waals surface area contributed by atoms with Crippen LogP contribution in [0.25, 0.3) is 6.08 Å². The Balaban J connectivity index is 1.85. The van der Waals surface area contributed by atoms with Crippen LogP contribution in [0.5, 0.6) is 0 Å². The molecule has 0 aliphatic heterocycles. The van der Waals surface area contributed by atoms with Crippen LogP contribution in [0.3, 0.4) is 0 Å². The molecular weight excluding hydrogens is 326 g/mol. The van der Waals surface area contributed by atoms with E-state index in [1.807, 2.05) is 36.4 Å². The highest BCUT2D eigenvalue weighted by Crippen LogP contribution is 2.22.